The largest absolute Gasteiger partial charge is 0.496 e. The molecule has 17 heavy (non-hydrogen) atoms. The normalized spacial score (nSPS) is 17.4. The molecule has 0 aromatic heterocycles. The molecule has 0 saturated carbocycles. The summed E-state index contributed by atoms with van der Waals surface area (Å²) in [6.07, 6.45) is 0.986. The highest BCUT2D eigenvalue weighted by Crippen LogP contribution is 2.39. The first-order valence-corrected chi connectivity index (χ1v) is 5.76. The molecule has 1 atom stereocenters. The molecule has 0 spiro atoms. The second kappa shape index (κ2) is 4.13. The van der Waals surface area contributed by atoms with E-state index in [0.29, 0.717) is 0 Å². The summed E-state index contributed by atoms with van der Waals surface area (Å²) in [4.78, 5) is 0. The van der Waals surface area contributed by atoms with Crippen LogP contribution >= 0.6 is 0 Å². The number of methoxy groups -OCH3 is 1. The van der Waals surface area contributed by atoms with Gasteiger partial charge in [-0.1, -0.05) is 36.4 Å². The minimum atomic E-state index is 0.0727. The Morgan fingerprint density at radius 3 is 2.65 bits per heavy atom. The third-order valence-electron chi connectivity index (χ3n) is 3.13. The van der Waals surface area contributed by atoms with Gasteiger partial charge in [0.1, 0.15) is 17.6 Å². The van der Waals surface area contributed by atoms with Gasteiger partial charge in [-0.25, -0.2) is 0 Å². The summed E-state index contributed by atoms with van der Waals surface area (Å²) in [5, 5.41) is 0. The maximum absolute atomic E-state index is 5.96. The van der Waals surface area contributed by atoms with Crippen molar-refractivity contribution in [1.29, 1.82) is 0 Å². The fourth-order valence-electron chi connectivity index (χ4n) is 2.29. The van der Waals surface area contributed by atoms with Gasteiger partial charge >= 0.3 is 0 Å². The molecule has 1 unspecified atom stereocenters. The Hall–Kier alpha value is -1.96. The minimum absolute atomic E-state index is 0.0727. The third-order valence-corrected chi connectivity index (χ3v) is 3.13. The molecule has 0 radical (unpaired) electrons. The van der Waals surface area contributed by atoms with Crippen LogP contribution in [0.3, 0.4) is 0 Å². The van der Waals surface area contributed by atoms with Crippen LogP contribution < -0.4 is 9.47 Å². The summed E-state index contributed by atoms with van der Waals surface area (Å²) >= 11 is 0. The molecule has 86 valence electrons. The summed E-state index contributed by atoms with van der Waals surface area (Å²) < 4.78 is 11.3. The smallest absolute Gasteiger partial charge is 0.131 e. The molecule has 0 N–H and O–H groups in total. The molecular formula is C15H14O2. The van der Waals surface area contributed by atoms with Crippen LogP contribution in [0, 0.1) is 0 Å². The topological polar surface area (TPSA) is 18.5 Å². The number of benzene rings is 2. The number of hydrogen-bond donors (Lipinski definition) is 0. The molecule has 2 heteroatoms. The molecule has 0 fully saturated rings. The van der Waals surface area contributed by atoms with E-state index in [2.05, 4.69) is 12.1 Å². The maximum atomic E-state index is 5.96. The summed E-state index contributed by atoms with van der Waals surface area (Å²) in [6.45, 7) is 0. The highest BCUT2D eigenvalue weighted by Gasteiger charge is 2.25. The Morgan fingerprint density at radius 1 is 1.06 bits per heavy atom. The van der Waals surface area contributed by atoms with E-state index in [1.807, 2.05) is 36.4 Å². The van der Waals surface area contributed by atoms with Crippen LogP contribution in [-0.4, -0.2) is 7.11 Å². The molecule has 2 aromatic rings. The molecule has 0 amide bonds. The number of ether oxygens (including phenoxy) is 2. The van der Waals surface area contributed by atoms with E-state index in [9.17, 15) is 0 Å². The zero-order valence-electron chi connectivity index (χ0n) is 9.72. The Morgan fingerprint density at radius 2 is 1.82 bits per heavy atom. The van der Waals surface area contributed by atoms with Crippen LogP contribution in [0.1, 0.15) is 17.2 Å². The summed E-state index contributed by atoms with van der Waals surface area (Å²) in [5.41, 5.74) is 2.38. The van der Waals surface area contributed by atoms with E-state index in [0.717, 1.165) is 23.5 Å². The van der Waals surface area contributed by atoms with Crippen LogP contribution in [0.4, 0.5) is 0 Å². The van der Waals surface area contributed by atoms with Crippen molar-refractivity contribution < 1.29 is 9.47 Å². The first-order chi connectivity index (χ1) is 8.38. The Balaban J connectivity index is 1.94. The van der Waals surface area contributed by atoms with E-state index in [-0.39, 0.29) is 6.10 Å². The summed E-state index contributed by atoms with van der Waals surface area (Å²) in [5.74, 6) is 1.88. The van der Waals surface area contributed by atoms with Crippen molar-refractivity contribution in [2.45, 2.75) is 12.5 Å². The standard InChI is InChI=1S/C15H14O2/c1-16-14-9-5-3-7-12(14)15-10-11-6-2-4-8-13(11)17-15/h2-9,15H,10H2,1H3. The van der Waals surface area contributed by atoms with Gasteiger partial charge in [0.05, 0.1) is 7.11 Å². The van der Waals surface area contributed by atoms with Crippen LogP contribution in [0.2, 0.25) is 0 Å². The van der Waals surface area contributed by atoms with E-state index < -0.39 is 0 Å². The fourth-order valence-corrected chi connectivity index (χ4v) is 2.29. The lowest BCUT2D eigenvalue weighted by Gasteiger charge is -2.14. The van der Waals surface area contributed by atoms with E-state index in [1.54, 1.807) is 7.11 Å². The molecule has 0 bridgehead atoms. The molecule has 2 nitrogen and oxygen atoms in total. The van der Waals surface area contributed by atoms with Gasteiger partial charge in [0.2, 0.25) is 0 Å². The first-order valence-electron chi connectivity index (χ1n) is 5.76. The van der Waals surface area contributed by atoms with Crippen molar-refractivity contribution in [3.05, 3.63) is 59.7 Å². The van der Waals surface area contributed by atoms with Crippen LogP contribution in [0.25, 0.3) is 0 Å². The van der Waals surface area contributed by atoms with E-state index in [4.69, 9.17) is 9.47 Å². The third kappa shape index (κ3) is 1.76. The van der Waals surface area contributed by atoms with Crippen LogP contribution in [0.15, 0.2) is 48.5 Å². The van der Waals surface area contributed by atoms with Gasteiger partial charge in [0, 0.05) is 12.0 Å². The Kier molecular flexibility index (Phi) is 2.48. The monoisotopic (exact) mass is 226 g/mol. The number of hydrogen-bond acceptors (Lipinski definition) is 2. The lowest BCUT2D eigenvalue weighted by molar-refractivity contribution is 0.232. The predicted molar refractivity (Wildman–Crippen MR) is 66.5 cm³/mol. The highest BCUT2D eigenvalue weighted by atomic mass is 16.5. The van der Waals surface area contributed by atoms with Gasteiger partial charge in [-0.2, -0.15) is 0 Å². The van der Waals surface area contributed by atoms with Crippen molar-refractivity contribution in [1.82, 2.24) is 0 Å². The molecule has 1 aliphatic heterocycles. The second-order valence-corrected chi connectivity index (χ2v) is 4.16. The van der Waals surface area contributed by atoms with Crippen molar-refractivity contribution in [3.8, 4) is 11.5 Å². The number of rotatable bonds is 2. The lowest BCUT2D eigenvalue weighted by Crippen LogP contribution is -2.05. The van der Waals surface area contributed by atoms with Crippen molar-refractivity contribution in [2.75, 3.05) is 7.11 Å². The average Bonchev–Trinajstić information content (AvgIpc) is 2.82. The number of fused-ring (bicyclic) bond motifs is 1. The quantitative estimate of drug-likeness (QED) is 0.781. The van der Waals surface area contributed by atoms with Crippen LogP contribution in [-0.2, 0) is 6.42 Å². The average molecular weight is 226 g/mol. The minimum Gasteiger partial charge on any atom is -0.496 e. The van der Waals surface area contributed by atoms with Crippen molar-refractivity contribution in [2.24, 2.45) is 0 Å². The van der Waals surface area contributed by atoms with Gasteiger partial charge in [-0.15, -0.1) is 0 Å². The van der Waals surface area contributed by atoms with Gasteiger partial charge in [0.25, 0.3) is 0 Å². The second-order valence-electron chi connectivity index (χ2n) is 4.16. The zero-order chi connectivity index (χ0) is 11.7. The summed E-state index contributed by atoms with van der Waals surface area (Å²) in [6, 6.07) is 16.2. The first kappa shape index (κ1) is 10.2. The van der Waals surface area contributed by atoms with Gasteiger partial charge in [0.15, 0.2) is 0 Å². The Bertz CT molecular complexity index is 509. The van der Waals surface area contributed by atoms with E-state index in [1.165, 1.54) is 5.56 Å². The molecule has 1 aliphatic rings. The number of para-hydroxylation sites is 2. The predicted octanol–water partition coefficient (Wildman–Crippen LogP) is 3.37. The van der Waals surface area contributed by atoms with Gasteiger partial charge in [-0.3, -0.25) is 0 Å². The highest BCUT2D eigenvalue weighted by molar-refractivity contribution is 5.43. The lowest BCUT2D eigenvalue weighted by atomic mass is 10.0. The Labute approximate surface area is 101 Å². The van der Waals surface area contributed by atoms with Crippen molar-refractivity contribution >= 4 is 0 Å². The molecule has 2 aromatic carbocycles. The molecule has 1 heterocycles. The van der Waals surface area contributed by atoms with E-state index >= 15 is 0 Å². The molecule has 0 saturated heterocycles. The van der Waals surface area contributed by atoms with Gasteiger partial charge in [-0.05, 0) is 17.7 Å². The van der Waals surface area contributed by atoms with Gasteiger partial charge < -0.3 is 9.47 Å². The molecular weight excluding hydrogens is 212 g/mol. The van der Waals surface area contributed by atoms with Crippen molar-refractivity contribution in [3.63, 3.8) is 0 Å². The molecule has 3 rings (SSSR count). The summed E-state index contributed by atoms with van der Waals surface area (Å²) in [7, 11) is 1.70. The molecule has 0 aliphatic carbocycles. The maximum Gasteiger partial charge on any atom is 0.131 e. The fraction of sp³-hybridized carbons (Fsp3) is 0.200. The zero-order valence-corrected chi connectivity index (χ0v) is 9.72. The van der Waals surface area contributed by atoms with Crippen LogP contribution in [0.5, 0.6) is 11.5 Å². The SMILES string of the molecule is COc1ccccc1C1Cc2ccccc2O1.